The number of furan rings is 1. The van der Waals surface area contributed by atoms with E-state index in [1.165, 1.54) is 6.26 Å². The van der Waals surface area contributed by atoms with Crippen molar-refractivity contribution in [2.24, 2.45) is 11.1 Å². The molecule has 1 amide bonds. The van der Waals surface area contributed by atoms with Gasteiger partial charge < -0.3 is 20.2 Å². The standard InChI is InChI=1S/C16H26N2O3/c1-4-16(5-2)13(8-14(16)20-6-3)18-15(19)11-7-12(9-17)21-10-11/h7,10,13-14H,4-6,8-9,17H2,1-3H3,(H,18,19). The summed E-state index contributed by atoms with van der Waals surface area (Å²) in [6, 6.07) is 1.86. The molecule has 2 rings (SSSR count). The Hall–Kier alpha value is -1.33. The van der Waals surface area contributed by atoms with Gasteiger partial charge in [0, 0.05) is 18.1 Å². The summed E-state index contributed by atoms with van der Waals surface area (Å²) in [6.45, 7) is 7.36. The van der Waals surface area contributed by atoms with E-state index in [0.29, 0.717) is 24.5 Å². The normalized spacial score (nSPS) is 23.6. The predicted molar refractivity (Wildman–Crippen MR) is 80.9 cm³/mol. The second-order valence-electron chi connectivity index (χ2n) is 5.65. The largest absolute Gasteiger partial charge is 0.467 e. The van der Waals surface area contributed by atoms with Crippen LogP contribution < -0.4 is 11.1 Å². The van der Waals surface area contributed by atoms with Gasteiger partial charge in [-0.25, -0.2) is 0 Å². The molecule has 1 aliphatic rings. The van der Waals surface area contributed by atoms with Crippen molar-refractivity contribution in [1.82, 2.24) is 5.32 Å². The molecule has 118 valence electrons. The van der Waals surface area contributed by atoms with Crippen molar-refractivity contribution < 1.29 is 13.9 Å². The summed E-state index contributed by atoms with van der Waals surface area (Å²) < 4.78 is 11.1. The van der Waals surface area contributed by atoms with E-state index in [1.807, 2.05) is 6.92 Å². The lowest BCUT2D eigenvalue weighted by Crippen LogP contribution is -2.64. The van der Waals surface area contributed by atoms with Crippen molar-refractivity contribution >= 4 is 5.91 Å². The third-order valence-electron chi connectivity index (χ3n) is 4.89. The van der Waals surface area contributed by atoms with Crippen LogP contribution in [0.5, 0.6) is 0 Å². The van der Waals surface area contributed by atoms with Crippen LogP contribution in [0.2, 0.25) is 0 Å². The SMILES string of the molecule is CCOC1CC(NC(=O)c2coc(CN)c2)C1(CC)CC. The topological polar surface area (TPSA) is 77.5 Å². The Labute approximate surface area is 126 Å². The summed E-state index contributed by atoms with van der Waals surface area (Å²) in [5.41, 5.74) is 6.08. The molecule has 1 heterocycles. The third kappa shape index (κ3) is 2.85. The van der Waals surface area contributed by atoms with Gasteiger partial charge >= 0.3 is 0 Å². The molecule has 1 saturated carbocycles. The molecule has 0 bridgehead atoms. The van der Waals surface area contributed by atoms with Crippen molar-refractivity contribution in [2.45, 2.75) is 58.7 Å². The number of amides is 1. The van der Waals surface area contributed by atoms with Crippen LogP contribution in [-0.4, -0.2) is 24.7 Å². The first-order chi connectivity index (χ1) is 10.1. The van der Waals surface area contributed by atoms with Gasteiger partial charge in [-0.2, -0.15) is 0 Å². The second kappa shape index (κ2) is 6.62. The average Bonchev–Trinajstić information content (AvgIpc) is 2.96. The van der Waals surface area contributed by atoms with E-state index in [1.54, 1.807) is 6.07 Å². The highest BCUT2D eigenvalue weighted by Gasteiger charge is 2.53. The summed E-state index contributed by atoms with van der Waals surface area (Å²) in [7, 11) is 0. The molecule has 1 aliphatic carbocycles. The van der Waals surface area contributed by atoms with E-state index in [0.717, 1.165) is 19.3 Å². The molecule has 5 heteroatoms. The summed E-state index contributed by atoms with van der Waals surface area (Å²) in [6.07, 6.45) is 4.59. The molecule has 1 aromatic heterocycles. The van der Waals surface area contributed by atoms with Gasteiger partial charge in [0.05, 0.1) is 18.2 Å². The molecule has 0 spiro atoms. The van der Waals surface area contributed by atoms with Gasteiger partial charge in [0.2, 0.25) is 0 Å². The fraction of sp³-hybridized carbons (Fsp3) is 0.688. The Bertz CT molecular complexity index is 480. The van der Waals surface area contributed by atoms with E-state index in [2.05, 4.69) is 19.2 Å². The minimum absolute atomic E-state index is 0.0477. The first-order valence-electron chi connectivity index (χ1n) is 7.81. The van der Waals surface area contributed by atoms with Gasteiger partial charge in [0.1, 0.15) is 12.0 Å². The van der Waals surface area contributed by atoms with Gasteiger partial charge in [0.25, 0.3) is 5.91 Å². The molecule has 3 N–H and O–H groups in total. The first kappa shape index (κ1) is 16.0. The van der Waals surface area contributed by atoms with Crippen molar-refractivity contribution in [3.05, 3.63) is 23.7 Å². The van der Waals surface area contributed by atoms with Gasteiger partial charge in [-0.15, -0.1) is 0 Å². The van der Waals surface area contributed by atoms with Gasteiger partial charge in [-0.3, -0.25) is 4.79 Å². The third-order valence-corrected chi connectivity index (χ3v) is 4.89. The van der Waals surface area contributed by atoms with E-state index < -0.39 is 0 Å². The van der Waals surface area contributed by atoms with E-state index in [4.69, 9.17) is 14.9 Å². The molecular formula is C16H26N2O3. The van der Waals surface area contributed by atoms with Crippen LogP contribution in [0, 0.1) is 5.41 Å². The Balaban J connectivity index is 2.03. The Kier molecular flexibility index (Phi) is 5.06. The van der Waals surface area contributed by atoms with Crippen molar-refractivity contribution in [2.75, 3.05) is 6.61 Å². The molecule has 1 aromatic rings. The maximum Gasteiger partial charge on any atom is 0.254 e. The maximum atomic E-state index is 12.3. The molecule has 0 aromatic carbocycles. The fourth-order valence-corrected chi connectivity index (χ4v) is 3.43. The summed E-state index contributed by atoms with van der Waals surface area (Å²) in [5.74, 6) is 0.530. The molecule has 0 aliphatic heterocycles. The lowest BCUT2D eigenvalue weighted by Gasteiger charge is -2.55. The minimum atomic E-state index is -0.0929. The average molecular weight is 294 g/mol. The monoisotopic (exact) mass is 294 g/mol. The molecule has 0 saturated heterocycles. The van der Waals surface area contributed by atoms with Crippen molar-refractivity contribution in [1.29, 1.82) is 0 Å². The number of nitrogens with one attached hydrogen (secondary N) is 1. The highest BCUT2D eigenvalue weighted by Crippen LogP contribution is 2.48. The van der Waals surface area contributed by atoms with Crippen molar-refractivity contribution in [3.63, 3.8) is 0 Å². The number of carbonyl (C=O) groups excluding carboxylic acids is 1. The molecular weight excluding hydrogens is 268 g/mol. The first-order valence-corrected chi connectivity index (χ1v) is 7.81. The smallest absolute Gasteiger partial charge is 0.254 e. The fourth-order valence-electron chi connectivity index (χ4n) is 3.43. The second-order valence-corrected chi connectivity index (χ2v) is 5.65. The highest BCUT2D eigenvalue weighted by atomic mass is 16.5. The van der Waals surface area contributed by atoms with Crippen LogP contribution in [0.15, 0.2) is 16.7 Å². The Morgan fingerprint density at radius 3 is 2.71 bits per heavy atom. The number of hydrogen-bond acceptors (Lipinski definition) is 4. The van der Waals surface area contributed by atoms with Crippen LogP contribution in [0.3, 0.4) is 0 Å². The van der Waals surface area contributed by atoms with Crippen LogP contribution in [0.1, 0.15) is 56.2 Å². The summed E-state index contributed by atoms with van der Waals surface area (Å²) >= 11 is 0. The number of nitrogens with two attached hydrogens (primary N) is 1. The van der Waals surface area contributed by atoms with E-state index >= 15 is 0 Å². The molecule has 2 unspecified atom stereocenters. The minimum Gasteiger partial charge on any atom is -0.467 e. The zero-order chi connectivity index (χ0) is 15.5. The molecule has 5 nitrogen and oxygen atoms in total. The lowest BCUT2D eigenvalue weighted by atomic mass is 9.58. The zero-order valence-electron chi connectivity index (χ0n) is 13.1. The number of ether oxygens (including phenoxy) is 1. The number of hydrogen-bond donors (Lipinski definition) is 2. The molecule has 2 atom stereocenters. The Morgan fingerprint density at radius 2 is 2.19 bits per heavy atom. The van der Waals surface area contributed by atoms with E-state index in [-0.39, 0.29) is 23.5 Å². The van der Waals surface area contributed by atoms with Crippen LogP contribution in [0.25, 0.3) is 0 Å². The quantitative estimate of drug-likeness (QED) is 0.809. The highest BCUT2D eigenvalue weighted by molar-refractivity contribution is 5.94. The molecule has 21 heavy (non-hydrogen) atoms. The maximum absolute atomic E-state index is 12.3. The van der Waals surface area contributed by atoms with Crippen LogP contribution >= 0.6 is 0 Å². The van der Waals surface area contributed by atoms with Gasteiger partial charge in [0.15, 0.2) is 0 Å². The summed E-state index contributed by atoms with van der Waals surface area (Å²) in [4.78, 5) is 12.3. The Morgan fingerprint density at radius 1 is 1.48 bits per heavy atom. The molecule has 0 radical (unpaired) electrons. The predicted octanol–water partition coefficient (Wildman–Crippen LogP) is 2.45. The molecule has 1 fully saturated rings. The van der Waals surface area contributed by atoms with Gasteiger partial charge in [-0.1, -0.05) is 13.8 Å². The number of carbonyl (C=O) groups is 1. The summed E-state index contributed by atoms with van der Waals surface area (Å²) in [5, 5.41) is 3.13. The lowest BCUT2D eigenvalue weighted by molar-refractivity contribution is -0.134. The van der Waals surface area contributed by atoms with E-state index in [9.17, 15) is 4.79 Å². The zero-order valence-corrected chi connectivity index (χ0v) is 13.1. The van der Waals surface area contributed by atoms with Crippen LogP contribution in [0.4, 0.5) is 0 Å². The van der Waals surface area contributed by atoms with Crippen LogP contribution in [-0.2, 0) is 11.3 Å². The van der Waals surface area contributed by atoms with Gasteiger partial charge in [-0.05, 0) is 32.3 Å². The van der Waals surface area contributed by atoms with Crippen molar-refractivity contribution in [3.8, 4) is 0 Å². The number of rotatable bonds is 7.